The van der Waals surface area contributed by atoms with Crippen LogP contribution >= 0.6 is 0 Å². The van der Waals surface area contributed by atoms with E-state index in [2.05, 4.69) is 20.4 Å². The summed E-state index contributed by atoms with van der Waals surface area (Å²) in [5.74, 6) is -0.468. The van der Waals surface area contributed by atoms with Crippen LogP contribution in [0.1, 0.15) is 39.5 Å². The summed E-state index contributed by atoms with van der Waals surface area (Å²) >= 11 is 0. The molecule has 0 saturated carbocycles. The smallest absolute Gasteiger partial charge is 0.472 e. The van der Waals surface area contributed by atoms with Gasteiger partial charge in [0.2, 0.25) is 0 Å². The third-order valence-electron chi connectivity index (χ3n) is 1.88. The van der Waals surface area contributed by atoms with Gasteiger partial charge >= 0.3 is 15.5 Å². The maximum Gasteiger partial charge on any atom is 0.551 e. The maximum atomic E-state index is 11.0. The van der Waals surface area contributed by atoms with Gasteiger partial charge < -0.3 is 13.3 Å². The zero-order chi connectivity index (χ0) is 12.2. The fourth-order valence-electron chi connectivity index (χ4n) is 0.907. The van der Waals surface area contributed by atoms with Crippen molar-refractivity contribution in [2.45, 2.75) is 39.5 Å². The molecule has 0 atom stereocenters. The molecule has 0 unspecified atom stereocenters. The molecule has 16 heavy (non-hydrogen) atoms. The van der Waals surface area contributed by atoms with Gasteiger partial charge in [0, 0.05) is 19.3 Å². The molecular weight excluding hydrogens is 224 g/mol. The molecule has 0 bridgehead atoms. The summed E-state index contributed by atoms with van der Waals surface area (Å²) < 4.78 is 15.9. The molecule has 0 aliphatic carbocycles. The molecule has 0 spiro atoms. The molecule has 0 saturated heterocycles. The van der Waals surface area contributed by atoms with Crippen LogP contribution in [0, 0.1) is 0 Å². The Morgan fingerprint density at radius 2 is 1.69 bits per heavy atom. The minimum atomic E-state index is -2.29. The molecule has 0 aromatic heterocycles. The fraction of sp³-hybridized carbons (Fsp3) is 0.727. The number of carbonyl (C=O) groups is 1. The molecule has 0 aromatic carbocycles. The predicted molar refractivity (Wildman–Crippen MR) is 65.2 cm³/mol. The Balaban J connectivity index is 3.84. The molecule has 0 rings (SSSR count). The molecule has 0 radical (unpaired) electrons. The highest BCUT2D eigenvalue weighted by molar-refractivity contribution is 6.39. The molecule has 0 aliphatic heterocycles. The lowest BCUT2D eigenvalue weighted by Gasteiger charge is -2.15. The van der Waals surface area contributed by atoms with Crippen LogP contribution in [0.15, 0.2) is 12.7 Å². The van der Waals surface area contributed by atoms with Gasteiger partial charge in [-0.2, -0.15) is 0 Å². The Hall–Kier alpha value is -0.653. The highest BCUT2D eigenvalue weighted by Gasteiger charge is 2.18. The average molecular weight is 246 g/mol. The normalized spacial score (nSPS) is 10.4. The Kier molecular flexibility index (Phi) is 10.4. The monoisotopic (exact) mass is 246 g/mol. The van der Waals surface area contributed by atoms with E-state index in [1.165, 1.54) is 0 Å². The Labute approximate surface area is 99.5 Å². The number of hydrogen-bond acceptors (Lipinski definition) is 4. The lowest BCUT2D eigenvalue weighted by Crippen LogP contribution is -2.30. The summed E-state index contributed by atoms with van der Waals surface area (Å²) in [7, 11) is -2.29. The number of hydrogen-bond donors (Lipinski definition) is 0. The van der Waals surface area contributed by atoms with Gasteiger partial charge in [-0.25, -0.2) is 4.79 Å². The zero-order valence-electron chi connectivity index (χ0n) is 10.2. The summed E-state index contributed by atoms with van der Waals surface area (Å²) in [5, 5.41) is 0. The van der Waals surface area contributed by atoms with Crippen LogP contribution in [0.25, 0.3) is 0 Å². The molecule has 4 nitrogen and oxygen atoms in total. The van der Waals surface area contributed by atoms with Gasteiger partial charge in [-0.15, -0.1) is 0 Å². The van der Waals surface area contributed by atoms with E-state index in [1.807, 2.05) is 0 Å². The minimum Gasteiger partial charge on any atom is -0.472 e. The largest absolute Gasteiger partial charge is 0.551 e. The van der Waals surface area contributed by atoms with Gasteiger partial charge in [0.25, 0.3) is 0 Å². The third-order valence-corrected chi connectivity index (χ3v) is 3.32. The standard InChI is InChI=1S/C11H22O4Si/c1-4-7-9-13-16(14-10-8-5-2)15-11(12)6-3/h6,16H,3-5,7-10H2,1-2H3. The summed E-state index contributed by atoms with van der Waals surface area (Å²) in [6, 6.07) is 0. The van der Waals surface area contributed by atoms with Crippen molar-refractivity contribution in [1.82, 2.24) is 0 Å². The first-order valence-electron chi connectivity index (χ1n) is 5.80. The van der Waals surface area contributed by atoms with Gasteiger partial charge in [0.1, 0.15) is 0 Å². The van der Waals surface area contributed by atoms with Gasteiger partial charge in [-0.05, 0) is 12.8 Å². The van der Waals surface area contributed by atoms with Crippen molar-refractivity contribution in [1.29, 1.82) is 0 Å². The topological polar surface area (TPSA) is 44.8 Å². The molecule has 94 valence electrons. The lowest BCUT2D eigenvalue weighted by atomic mass is 10.4. The molecule has 0 fully saturated rings. The Morgan fingerprint density at radius 1 is 1.19 bits per heavy atom. The van der Waals surface area contributed by atoms with Crippen molar-refractivity contribution in [3.63, 3.8) is 0 Å². The van der Waals surface area contributed by atoms with E-state index in [4.69, 9.17) is 13.3 Å². The summed E-state index contributed by atoms with van der Waals surface area (Å²) in [5.41, 5.74) is 0. The van der Waals surface area contributed by atoms with Crippen LogP contribution in [0.5, 0.6) is 0 Å². The van der Waals surface area contributed by atoms with Gasteiger partial charge in [-0.1, -0.05) is 33.3 Å². The lowest BCUT2D eigenvalue weighted by molar-refractivity contribution is -0.132. The van der Waals surface area contributed by atoms with Crippen LogP contribution in [0.2, 0.25) is 0 Å². The third kappa shape index (κ3) is 8.64. The predicted octanol–water partition coefficient (Wildman–Crippen LogP) is 2.07. The van der Waals surface area contributed by atoms with E-state index in [0.29, 0.717) is 13.2 Å². The second-order valence-electron chi connectivity index (χ2n) is 3.38. The molecule has 0 aromatic rings. The van der Waals surface area contributed by atoms with Crippen molar-refractivity contribution >= 4 is 15.5 Å². The van der Waals surface area contributed by atoms with E-state index < -0.39 is 15.5 Å². The maximum absolute atomic E-state index is 11.0. The summed E-state index contributed by atoms with van der Waals surface area (Å²) in [4.78, 5) is 11.0. The van der Waals surface area contributed by atoms with Gasteiger partial charge in [0.05, 0.1) is 0 Å². The average Bonchev–Trinajstić information content (AvgIpc) is 2.29. The van der Waals surface area contributed by atoms with Crippen LogP contribution < -0.4 is 0 Å². The first-order valence-corrected chi connectivity index (χ1v) is 7.22. The van der Waals surface area contributed by atoms with Crippen LogP contribution in [0.4, 0.5) is 0 Å². The van der Waals surface area contributed by atoms with Crippen molar-refractivity contribution < 1.29 is 18.1 Å². The Morgan fingerprint density at radius 3 is 2.06 bits per heavy atom. The number of carbonyl (C=O) groups excluding carboxylic acids is 1. The second-order valence-corrected chi connectivity index (χ2v) is 4.86. The van der Waals surface area contributed by atoms with Crippen molar-refractivity contribution in [2.24, 2.45) is 0 Å². The summed E-state index contributed by atoms with van der Waals surface area (Å²) in [6.45, 7) is 8.67. The second kappa shape index (κ2) is 10.9. The van der Waals surface area contributed by atoms with Crippen LogP contribution in [0.3, 0.4) is 0 Å². The van der Waals surface area contributed by atoms with E-state index in [9.17, 15) is 4.79 Å². The van der Waals surface area contributed by atoms with Crippen LogP contribution in [-0.4, -0.2) is 28.7 Å². The van der Waals surface area contributed by atoms with Crippen LogP contribution in [-0.2, 0) is 18.1 Å². The van der Waals surface area contributed by atoms with E-state index in [1.54, 1.807) is 0 Å². The molecular formula is C11H22O4Si. The van der Waals surface area contributed by atoms with Crippen molar-refractivity contribution in [3.05, 3.63) is 12.7 Å². The van der Waals surface area contributed by atoms with E-state index >= 15 is 0 Å². The van der Waals surface area contributed by atoms with Gasteiger partial charge in [-0.3, -0.25) is 0 Å². The first-order chi connectivity index (χ1) is 7.74. The zero-order valence-corrected chi connectivity index (χ0v) is 11.4. The number of rotatable bonds is 10. The van der Waals surface area contributed by atoms with E-state index in [-0.39, 0.29) is 0 Å². The highest BCUT2D eigenvalue weighted by Crippen LogP contribution is 1.99. The summed E-state index contributed by atoms with van der Waals surface area (Å²) in [6.07, 6.45) is 5.13. The quantitative estimate of drug-likeness (QED) is 0.336. The highest BCUT2D eigenvalue weighted by atomic mass is 28.3. The Bertz CT molecular complexity index is 186. The molecule has 0 N–H and O–H groups in total. The van der Waals surface area contributed by atoms with Crippen molar-refractivity contribution in [2.75, 3.05) is 13.2 Å². The molecule has 0 heterocycles. The van der Waals surface area contributed by atoms with E-state index in [0.717, 1.165) is 31.8 Å². The number of unbranched alkanes of at least 4 members (excludes halogenated alkanes) is 2. The minimum absolute atomic E-state index is 0.468. The van der Waals surface area contributed by atoms with Gasteiger partial charge in [0.15, 0.2) is 0 Å². The van der Waals surface area contributed by atoms with Crippen molar-refractivity contribution in [3.8, 4) is 0 Å². The molecule has 0 aliphatic rings. The SMILES string of the molecule is C=CC(=O)O[SiH](OCCCC)OCCCC. The molecule has 0 amide bonds. The fourth-order valence-corrected chi connectivity index (χ4v) is 2.14. The first kappa shape index (κ1) is 15.3. The molecule has 5 heteroatoms.